The van der Waals surface area contributed by atoms with Crippen molar-refractivity contribution in [1.29, 1.82) is 0 Å². The van der Waals surface area contributed by atoms with Gasteiger partial charge in [-0.1, -0.05) is 23.3 Å². The van der Waals surface area contributed by atoms with Crippen molar-refractivity contribution in [3.8, 4) is 5.75 Å². The average molecular weight is 317 g/mol. The Balaban J connectivity index is 0.00000200. The molecular formula is C14H18Cl2N2O2. The predicted molar refractivity (Wildman–Crippen MR) is 83.2 cm³/mol. The minimum atomic E-state index is -0.168. The summed E-state index contributed by atoms with van der Waals surface area (Å²) in [5.41, 5.74) is 1.71. The van der Waals surface area contributed by atoms with E-state index in [4.69, 9.17) is 16.3 Å². The third kappa shape index (κ3) is 4.40. The molecule has 1 heterocycles. The maximum absolute atomic E-state index is 12.1. The fourth-order valence-corrected chi connectivity index (χ4v) is 2.15. The van der Waals surface area contributed by atoms with E-state index in [1.807, 2.05) is 0 Å². The molecule has 0 atom stereocenters. The fourth-order valence-electron chi connectivity index (χ4n) is 1.98. The van der Waals surface area contributed by atoms with Gasteiger partial charge in [0.05, 0.1) is 12.7 Å². The molecule has 0 aliphatic carbocycles. The van der Waals surface area contributed by atoms with Gasteiger partial charge in [-0.3, -0.25) is 4.79 Å². The predicted octanol–water partition coefficient (Wildman–Crippen LogP) is 2.42. The first-order valence-electron chi connectivity index (χ1n) is 6.21. The summed E-state index contributed by atoms with van der Waals surface area (Å²) in [6.45, 7) is 2.39. The Morgan fingerprint density at radius 3 is 2.95 bits per heavy atom. The van der Waals surface area contributed by atoms with Crippen LogP contribution in [-0.4, -0.2) is 32.7 Å². The molecule has 20 heavy (non-hydrogen) atoms. The Labute approximate surface area is 129 Å². The van der Waals surface area contributed by atoms with E-state index >= 15 is 0 Å². The van der Waals surface area contributed by atoms with Crippen molar-refractivity contribution in [3.05, 3.63) is 40.4 Å². The number of rotatable bonds is 4. The Morgan fingerprint density at radius 1 is 1.50 bits per heavy atom. The first kappa shape index (κ1) is 16.8. The maximum atomic E-state index is 12.1. The molecule has 0 saturated heterocycles. The standard InChI is InChI=1S/C14H17ClN2O2.ClH/c1-19-13-3-2-11(15)8-12(13)14(18)17-9-10-4-6-16-7-5-10;/h2-4,8,16H,5-7,9H2,1H3,(H,17,18);1H. The average Bonchev–Trinajstić information content (AvgIpc) is 2.46. The van der Waals surface area contributed by atoms with Crippen molar-refractivity contribution in [2.24, 2.45) is 0 Å². The highest BCUT2D eigenvalue weighted by Crippen LogP contribution is 2.22. The molecule has 110 valence electrons. The lowest BCUT2D eigenvalue weighted by Crippen LogP contribution is -2.29. The molecule has 0 aromatic heterocycles. The molecule has 0 spiro atoms. The van der Waals surface area contributed by atoms with E-state index in [9.17, 15) is 4.79 Å². The molecule has 0 bridgehead atoms. The third-order valence-corrected chi connectivity index (χ3v) is 3.28. The van der Waals surface area contributed by atoms with E-state index in [0.29, 0.717) is 22.9 Å². The second kappa shape index (κ2) is 8.15. The zero-order valence-electron chi connectivity index (χ0n) is 11.2. The molecule has 0 saturated carbocycles. The number of ether oxygens (including phenoxy) is 1. The third-order valence-electron chi connectivity index (χ3n) is 3.04. The monoisotopic (exact) mass is 316 g/mol. The molecular weight excluding hydrogens is 299 g/mol. The van der Waals surface area contributed by atoms with Gasteiger partial charge >= 0.3 is 0 Å². The van der Waals surface area contributed by atoms with Crippen molar-refractivity contribution in [2.45, 2.75) is 6.42 Å². The lowest BCUT2D eigenvalue weighted by atomic mass is 10.1. The second-order valence-corrected chi connectivity index (χ2v) is 4.78. The molecule has 1 aliphatic heterocycles. The van der Waals surface area contributed by atoms with E-state index in [0.717, 1.165) is 19.5 Å². The van der Waals surface area contributed by atoms with Crippen LogP contribution in [0.3, 0.4) is 0 Å². The van der Waals surface area contributed by atoms with E-state index in [1.54, 1.807) is 18.2 Å². The number of halogens is 2. The van der Waals surface area contributed by atoms with Gasteiger partial charge in [-0.15, -0.1) is 12.4 Å². The molecule has 1 amide bonds. The zero-order valence-corrected chi connectivity index (χ0v) is 12.8. The van der Waals surface area contributed by atoms with Crippen LogP contribution in [0, 0.1) is 0 Å². The lowest BCUT2D eigenvalue weighted by Gasteiger charge is -2.15. The Kier molecular flexibility index (Phi) is 6.85. The highest BCUT2D eigenvalue weighted by Gasteiger charge is 2.13. The molecule has 0 radical (unpaired) electrons. The quantitative estimate of drug-likeness (QED) is 0.839. The van der Waals surface area contributed by atoms with Crippen LogP contribution in [0.5, 0.6) is 5.75 Å². The van der Waals surface area contributed by atoms with E-state index < -0.39 is 0 Å². The molecule has 2 N–H and O–H groups in total. The number of methoxy groups -OCH3 is 1. The number of carbonyl (C=O) groups excluding carboxylic acids is 1. The number of nitrogens with one attached hydrogen (secondary N) is 2. The summed E-state index contributed by atoms with van der Waals surface area (Å²) in [6.07, 6.45) is 3.08. The summed E-state index contributed by atoms with van der Waals surface area (Å²) in [4.78, 5) is 12.1. The van der Waals surface area contributed by atoms with Crippen molar-refractivity contribution in [1.82, 2.24) is 10.6 Å². The van der Waals surface area contributed by atoms with Crippen molar-refractivity contribution in [2.75, 3.05) is 26.7 Å². The first-order chi connectivity index (χ1) is 9.20. The summed E-state index contributed by atoms with van der Waals surface area (Å²) < 4.78 is 5.17. The van der Waals surface area contributed by atoms with Crippen molar-refractivity contribution >= 4 is 29.9 Å². The van der Waals surface area contributed by atoms with Gasteiger partial charge in [0.15, 0.2) is 0 Å². The molecule has 1 aliphatic rings. The second-order valence-electron chi connectivity index (χ2n) is 4.34. The summed E-state index contributed by atoms with van der Waals surface area (Å²) in [5.74, 6) is 0.361. The lowest BCUT2D eigenvalue weighted by molar-refractivity contribution is 0.0953. The normalized spacial score (nSPS) is 14.0. The smallest absolute Gasteiger partial charge is 0.255 e. The Bertz CT molecular complexity index is 504. The van der Waals surface area contributed by atoms with Gasteiger partial charge in [-0.05, 0) is 31.2 Å². The van der Waals surface area contributed by atoms with Crippen LogP contribution in [0.4, 0.5) is 0 Å². The molecule has 1 aromatic rings. The van der Waals surface area contributed by atoms with E-state index in [-0.39, 0.29) is 18.3 Å². The van der Waals surface area contributed by atoms with Crippen LogP contribution in [0.1, 0.15) is 16.8 Å². The maximum Gasteiger partial charge on any atom is 0.255 e. The molecule has 2 rings (SSSR count). The zero-order chi connectivity index (χ0) is 13.7. The number of hydrogen-bond acceptors (Lipinski definition) is 3. The highest BCUT2D eigenvalue weighted by atomic mass is 35.5. The van der Waals surface area contributed by atoms with Crippen LogP contribution in [0.25, 0.3) is 0 Å². The minimum Gasteiger partial charge on any atom is -0.496 e. The van der Waals surface area contributed by atoms with E-state index in [2.05, 4.69) is 16.7 Å². The van der Waals surface area contributed by atoms with Crippen LogP contribution < -0.4 is 15.4 Å². The summed E-state index contributed by atoms with van der Waals surface area (Å²) >= 11 is 5.91. The van der Waals surface area contributed by atoms with Crippen LogP contribution >= 0.6 is 24.0 Å². The molecule has 4 nitrogen and oxygen atoms in total. The highest BCUT2D eigenvalue weighted by molar-refractivity contribution is 6.31. The SMILES string of the molecule is COc1ccc(Cl)cc1C(=O)NCC1=CCNCC1.Cl. The van der Waals surface area contributed by atoms with Gasteiger partial charge in [0.1, 0.15) is 5.75 Å². The Morgan fingerprint density at radius 2 is 2.30 bits per heavy atom. The van der Waals surface area contributed by atoms with Crippen molar-refractivity contribution < 1.29 is 9.53 Å². The summed E-state index contributed by atoms with van der Waals surface area (Å²) in [5, 5.41) is 6.65. The van der Waals surface area contributed by atoms with Crippen LogP contribution in [-0.2, 0) is 0 Å². The van der Waals surface area contributed by atoms with Gasteiger partial charge in [0, 0.05) is 18.1 Å². The van der Waals surface area contributed by atoms with Crippen LogP contribution in [0.15, 0.2) is 29.8 Å². The van der Waals surface area contributed by atoms with Gasteiger partial charge < -0.3 is 15.4 Å². The number of benzene rings is 1. The topological polar surface area (TPSA) is 50.4 Å². The molecule has 0 fully saturated rings. The molecule has 0 unspecified atom stereocenters. The fraction of sp³-hybridized carbons (Fsp3) is 0.357. The summed E-state index contributed by atoms with van der Waals surface area (Å²) in [7, 11) is 1.54. The van der Waals surface area contributed by atoms with Gasteiger partial charge in [-0.25, -0.2) is 0 Å². The van der Waals surface area contributed by atoms with Gasteiger partial charge in [0.25, 0.3) is 5.91 Å². The van der Waals surface area contributed by atoms with Crippen molar-refractivity contribution in [3.63, 3.8) is 0 Å². The minimum absolute atomic E-state index is 0. The van der Waals surface area contributed by atoms with Gasteiger partial charge in [-0.2, -0.15) is 0 Å². The van der Waals surface area contributed by atoms with Gasteiger partial charge in [0.2, 0.25) is 0 Å². The summed E-state index contributed by atoms with van der Waals surface area (Å²) in [6, 6.07) is 5.01. The number of carbonyl (C=O) groups is 1. The number of amides is 1. The Hall–Kier alpha value is -1.23. The largest absolute Gasteiger partial charge is 0.496 e. The van der Waals surface area contributed by atoms with E-state index in [1.165, 1.54) is 12.7 Å². The molecule has 6 heteroatoms. The molecule has 1 aromatic carbocycles. The number of hydrogen-bond donors (Lipinski definition) is 2. The first-order valence-corrected chi connectivity index (χ1v) is 6.59. The van der Waals surface area contributed by atoms with Crippen LogP contribution in [0.2, 0.25) is 5.02 Å².